The van der Waals surface area contributed by atoms with Crippen molar-refractivity contribution in [3.05, 3.63) is 65.7 Å². The van der Waals surface area contributed by atoms with Crippen molar-refractivity contribution in [2.45, 2.75) is 25.6 Å². The highest BCUT2D eigenvalue weighted by Gasteiger charge is 2.26. The lowest BCUT2D eigenvalue weighted by Crippen LogP contribution is -2.50. The number of rotatable bonds is 5. The summed E-state index contributed by atoms with van der Waals surface area (Å²) < 4.78 is 0. The van der Waals surface area contributed by atoms with Crippen molar-refractivity contribution in [2.24, 2.45) is 0 Å². The van der Waals surface area contributed by atoms with Gasteiger partial charge in [0, 0.05) is 38.8 Å². The topological polar surface area (TPSA) is 46.9 Å². The molecule has 1 aliphatic heterocycles. The van der Waals surface area contributed by atoms with Crippen molar-refractivity contribution in [3.8, 4) is 5.75 Å². The van der Waals surface area contributed by atoms with Crippen LogP contribution in [0.3, 0.4) is 0 Å². The van der Waals surface area contributed by atoms with Gasteiger partial charge in [-0.05, 0) is 30.2 Å². The van der Waals surface area contributed by atoms with Gasteiger partial charge in [-0.1, -0.05) is 42.5 Å². The van der Waals surface area contributed by atoms with Crippen molar-refractivity contribution in [1.82, 2.24) is 9.80 Å². The molecule has 2 aromatic carbocycles. The smallest absolute Gasteiger partial charge is 0.115 e. The van der Waals surface area contributed by atoms with Crippen LogP contribution in [0.25, 0.3) is 0 Å². The van der Waals surface area contributed by atoms with E-state index in [9.17, 15) is 10.2 Å². The molecular formula is C20H26N2O2. The molecule has 4 heteroatoms. The van der Waals surface area contributed by atoms with E-state index in [0.29, 0.717) is 0 Å². The molecule has 1 saturated heterocycles. The van der Waals surface area contributed by atoms with Crippen molar-refractivity contribution in [1.29, 1.82) is 0 Å². The second kappa shape index (κ2) is 7.79. The summed E-state index contributed by atoms with van der Waals surface area (Å²) in [6.07, 6.45) is -0.536. The highest BCUT2D eigenvalue weighted by molar-refractivity contribution is 5.28. The zero-order valence-electron chi connectivity index (χ0n) is 14.2. The fourth-order valence-electron chi connectivity index (χ4n) is 3.32. The molecule has 3 rings (SSSR count). The van der Waals surface area contributed by atoms with E-state index in [1.165, 1.54) is 5.56 Å². The Morgan fingerprint density at radius 1 is 0.917 bits per heavy atom. The lowest BCUT2D eigenvalue weighted by atomic mass is 10.0. The molecule has 1 aliphatic rings. The van der Waals surface area contributed by atoms with Crippen LogP contribution in [0.2, 0.25) is 0 Å². The maximum Gasteiger partial charge on any atom is 0.115 e. The first kappa shape index (κ1) is 17.0. The molecule has 0 bridgehead atoms. The fourth-order valence-corrected chi connectivity index (χ4v) is 3.32. The van der Waals surface area contributed by atoms with E-state index in [2.05, 4.69) is 41.0 Å². The third-order valence-electron chi connectivity index (χ3n) is 4.92. The second-order valence-electron chi connectivity index (χ2n) is 6.57. The van der Waals surface area contributed by atoms with Gasteiger partial charge in [0.25, 0.3) is 0 Å². The van der Waals surface area contributed by atoms with Crippen LogP contribution in [0, 0.1) is 0 Å². The quantitative estimate of drug-likeness (QED) is 0.887. The SMILES string of the molecule is C[C@@H]([C@@H](O)c1ccc(O)cc1)N1CCN(Cc2ccccc2)CC1. The number of aliphatic hydroxyl groups is 1. The van der Waals surface area contributed by atoms with E-state index >= 15 is 0 Å². The minimum atomic E-state index is -0.536. The molecule has 0 saturated carbocycles. The summed E-state index contributed by atoms with van der Waals surface area (Å²) >= 11 is 0. The third-order valence-corrected chi connectivity index (χ3v) is 4.92. The van der Waals surface area contributed by atoms with E-state index in [1.807, 2.05) is 6.07 Å². The van der Waals surface area contributed by atoms with Gasteiger partial charge in [0.05, 0.1) is 6.10 Å². The van der Waals surface area contributed by atoms with Gasteiger partial charge in [0.2, 0.25) is 0 Å². The summed E-state index contributed by atoms with van der Waals surface area (Å²) in [5, 5.41) is 20.0. The molecule has 0 unspecified atom stereocenters. The number of aliphatic hydroxyl groups excluding tert-OH is 1. The largest absolute Gasteiger partial charge is 0.508 e. The zero-order chi connectivity index (χ0) is 16.9. The van der Waals surface area contributed by atoms with Crippen molar-refractivity contribution in [3.63, 3.8) is 0 Å². The Morgan fingerprint density at radius 2 is 1.54 bits per heavy atom. The van der Waals surface area contributed by atoms with Crippen LogP contribution in [0.5, 0.6) is 5.75 Å². The maximum absolute atomic E-state index is 10.6. The minimum Gasteiger partial charge on any atom is -0.508 e. The Balaban J connectivity index is 1.53. The number of phenols is 1. The van der Waals surface area contributed by atoms with Crippen LogP contribution >= 0.6 is 0 Å². The van der Waals surface area contributed by atoms with E-state index < -0.39 is 6.10 Å². The first-order valence-corrected chi connectivity index (χ1v) is 8.61. The molecule has 2 aromatic rings. The van der Waals surface area contributed by atoms with Gasteiger partial charge >= 0.3 is 0 Å². The van der Waals surface area contributed by atoms with E-state index in [4.69, 9.17) is 0 Å². The van der Waals surface area contributed by atoms with Crippen LogP contribution in [0.15, 0.2) is 54.6 Å². The Morgan fingerprint density at radius 3 is 2.17 bits per heavy atom. The van der Waals surface area contributed by atoms with Gasteiger partial charge in [0.1, 0.15) is 5.75 Å². The normalized spacial score (nSPS) is 19.1. The highest BCUT2D eigenvalue weighted by atomic mass is 16.3. The summed E-state index contributed by atoms with van der Waals surface area (Å²) in [5.41, 5.74) is 2.20. The lowest BCUT2D eigenvalue weighted by Gasteiger charge is -2.39. The third kappa shape index (κ3) is 4.15. The first-order valence-electron chi connectivity index (χ1n) is 8.61. The van der Waals surface area contributed by atoms with Gasteiger partial charge in [-0.3, -0.25) is 9.80 Å². The molecule has 2 atom stereocenters. The van der Waals surface area contributed by atoms with Crippen molar-refractivity contribution >= 4 is 0 Å². The monoisotopic (exact) mass is 326 g/mol. The van der Waals surface area contributed by atoms with E-state index in [0.717, 1.165) is 38.3 Å². The van der Waals surface area contributed by atoms with Crippen molar-refractivity contribution in [2.75, 3.05) is 26.2 Å². The summed E-state index contributed by atoms with van der Waals surface area (Å²) in [7, 11) is 0. The van der Waals surface area contributed by atoms with Gasteiger partial charge in [0.15, 0.2) is 0 Å². The molecule has 4 nitrogen and oxygen atoms in total. The molecule has 1 heterocycles. The van der Waals surface area contributed by atoms with Crippen LogP contribution in [-0.2, 0) is 6.54 Å². The lowest BCUT2D eigenvalue weighted by molar-refractivity contribution is 0.0245. The molecule has 0 aliphatic carbocycles. The van der Waals surface area contributed by atoms with Crippen LogP contribution < -0.4 is 0 Å². The standard InChI is InChI=1S/C20H26N2O2/c1-16(20(24)18-7-9-19(23)10-8-18)22-13-11-21(12-14-22)15-17-5-3-2-4-6-17/h2-10,16,20,23-24H,11-15H2,1H3/t16-,20+/m0/s1. The molecule has 0 amide bonds. The maximum atomic E-state index is 10.6. The average Bonchev–Trinajstić information content (AvgIpc) is 2.63. The zero-order valence-corrected chi connectivity index (χ0v) is 14.2. The van der Waals surface area contributed by atoms with Gasteiger partial charge in [-0.2, -0.15) is 0 Å². The predicted molar refractivity (Wildman–Crippen MR) is 95.8 cm³/mol. The number of aromatic hydroxyl groups is 1. The molecule has 0 spiro atoms. The molecule has 0 aromatic heterocycles. The Labute approximate surface area is 144 Å². The highest BCUT2D eigenvalue weighted by Crippen LogP contribution is 2.24. The first-order chi connectivity index (χ1) is 11.6. The number of hydrogen-bond donors (Lipinski definition) is 2. The van der Waals surface area contributed by atoms with Gasteiger partial charge in [-0.15, -0.1) is 0 Å². The Bertz CT molecular complexity index is 622. The van der Waals surface area contributed by atoms with Crippen LogP contribution in [0.1, 0.15) is 24.2 Å². The fraction of sp³-hybridized carbons (Fsp3) is 0.400. The predicted octanol–water partition coefficient (Wildman–Crippen LogP) is 2.63. The molecule has 128 valence electrons. The summed E-state index contributed by atoms with van der Waals surface area (Å²) in [4.78, 5) is 4.81. The molecule has 1 fully saturated rings. The van der Waals surface area contributed by atoms with E-state index in [1.54, 1.807) is 24.3 Å². The molecule has 0 radical (unpaired) electrons. The van der Waals surface area contributed by atoms with E-state index in [-0.39, 0.29) is 11.8 Å². The Hall–Kier alpha value is -1.88. The average molecular weight is 326 g/mol. The van der Waals surface area contributed by atoms with Crippen LogP contribution in [0.4, 0.5) is 0 Å². The number of hydrogen-bond acceptors (Lipinski definition) is 4. The Kier molecular flexibility index (Phi) is 5.51. The van der Waals surface area contributed by atoms with Gasteiger partial charge in [-0.25, -0.2) is 0 Å². The second-order valence-corrected chi connectivity index (χ2v) is 6.57. The summed E-state index contributed by atoms with van der Waals surface area (Å²) in [6.45, 7) is 7.02. The summed E-state index contributed by atoms with van der Waals surface area (Å²) in [5.74, 6) is 0.230. The molecule has 24 heavy (non-hydrogen) atoms. The number of benzene rings is 2. The van der Waals surface area contributed by atoms with Gasteiger partial charge < -0.3 is 10.2 Å². The molecule has 2 N–H and O–H groups in total. The number of nitrogens with zero attached hydrogens (tertiary/aromatic N) is 2. The number of phenolic OH excluding ortho intramolecular Hbond substituents is 1. The minimum absolute atomic E-state index is 0.0634. The summed E-state index contributed by atoms with van der Waals surface area (Å²) in [6, 6.07) is 17.5. The van der Waals surface area contributed by atoms with Crippen molar-refractivity contribution < 1.29 is 10.2 Å². The van der Waals surface area contributed by atoms with Crippen LogP contribution in [-0.4, -0.2) is 52.2 Å². The molecular weight excluding hydrogens is 300 g/mol. The number of piperazine rings is 1.